The standard InChI is InChI=1S/C12H17FN2O/c1-12(16,9-3-2-5-14-7-9)10-4-6-15-8-11(10)13/h4,6,8-9,14,16H,2-3,5,7H2,1H3. The minimum absolute atomic E-state index is 0.0538. The summed E-state index contributed by atoms with van der Waals surface area (Å²) in [6.45, 7) is 3.39. The summed E-state index contributed by atoms with van der Waals surface area (Å²) in [5.41, 5.74) is -0.781. The molecular weight excluding hydrogens is 207 g/mol. The van der Waals surface area contributed by atoms with Gasteiger partial charge in [0.2, 0.25) is 0 Å². The number of hydrogen-bond acceptors (Lipinski definition) is 3. The number of rotatable bonds is 2. The molecule has 0 amide bonds. The van der Waals surface area contributed by atoms with Gasteiger partial charge in [0.15, 0.2) is 0 Å². The molecule has 16 heavy (non-hydrogen) atoms. The lowest BCUT2D eigenvalue weighted by atomic mass is 9.79. The summed E-state index contributed by atoms with van der Waals surface area (Å²) in [7, 11) is 0. The largest absolute Gasteiger partial charge is 0.385 e. The number of hydrogen-bond donors (Lipinski definition) is 2. The van der Waals surface area contributed by atoms with E-state index in [1.165, 1.54) is 6.20 Å². The minimum Gasteiger partial charge on any atom is -0.385 e. The number of piperidine rings is 1. The maximum absolute atomic E-state index is 13.6. The Hall–Kier alpha value is -1.00. The fraction of sp³-hybridized carbons (Fsp3) is 0.583. The van der Waals surface area contributed by atoms with Gasteiger partial charge in [-0.05, 0) is 32.4 Å². The highest BCUT2D eigenvalue weighted by Gasteiger charge is 2.36. The molecule has 1 fully saturated rings. The first-order valence-corrected chi connectivity index (χ1v) is 5.65. The molecule has 0 aromatic carbocycles. The van der Waals surface area contributed by atoms with Crippen LogP contribution in [0.5, 0.6) is 0 Å². The summed E-state index contributed by atoms with van der Waals surface area (Å²) < 4.78 is 13.6. The average Bonchev–Trinajstić information content (AvgIpc) is 2.30. The van der Waals surface area contributed by atoms with Gasteiger partial charge in [-0.2, -0.15) is 0 Å². The third-order valence-electron chi connectivity index (χ3n) is 3.41. The van der Waals surface area contributed by atoms with Gasteiger partial charge in [0, 0.05) is 24.2 Å². The van der Waals surface area contributed by atoms with Crippen LogP contribution in [-0.2, 0) is 5.60 Å². The molecule has 4 heteroatoms. The number of aromatic nitrogens is 1. The van der Waals surface area contributed by atoms with Crippen molar-refractivity contribution in [3.63, 3.8) is 0 Å². The van der Waals surface area contributed by atoms with Crippen molar-refractivity contribution in [2.45, 2.75) is 25.4 Å². The van der Waals surface area contributed by atoms with Crippen molar-refractivity contribution in [1.82, 2.24) is 10.3 Å². The average molecular weight is 224 g/mol. The van der Waals surface area contributed by atoms with Crippen LogP contribution in [0.3, 0.4) is 0 Å². The van der Waals surface area contributed by atoms with Crippen LogP contribution in [0.4, 0.5) is 4.39 Å². The molecule has 0 radical (unpaired) electrons. The van der Waals surface area contributed by atoms with Crippen LogP contribution in [0, 0.1) is 11.7 Å². The van der Waals surface area contributed by atoms with E-state index in [4.69, 9.17) is 0 Å². The normalized spacial score (nSPS) is 25.1. The molecule has 3 nitrogen and oxygen atoms in total. The van der Waals surface area contributed by atoms with Gasteiger partial charge in [0.05, 0.1) is 11.8 Å². The van der Waals surface area contributed by atoms with Crippen molar-refractivity contribution in [2.24, 2.45) is 5.92 Å². The number of nitrogens with zero attached hydrogens (tertiary/aromatic N) is 1. The van der Waals surface area contributed by atoms with E-state index in [1.807, 2.05) is 0 Å². The summed E-state index contributed by atoms with van der Waals surface area (Å²) in [4.78, 5) is 3.70. The molecule has 1 aliphatic rings. The van der Waals surface area contributed by atoms with E-state index in [2.05, 4.69) is 10.3 Å². The number of nitrogens with one attached hydrogen (secondary N) is 1. The Labute approximate surface area is 94.7 Å². The molecule has 1 saturated heterocycles. The molecule has 2 heterocycles. The predicted octanol–water partition coefficient (Wildman–Crippen LogP) is 1.43. The van der Waals surface area contributed by atoms with Crippen LogP contribution >= 0.6 is 0 Å². The van der Waals surface area contributed by atoms with Crippen molar-refractivity contribution in [2.75, 3.05) is 13.1 Å². The van der Waals surface area contributed by atoms with E-state index in [9.17, 15) is 9.50 Å². The zero-order chi connectivity index (χ0) is 11.6. The van der Waals surface area contributed by atoms with Crippen LogP contribution in [0.25, 0.3) is 0 Å². The molecule has 2 N–H and O–H groups in total. The van der Waals surface area contributed by atoms with E-state index in [0.29, 0.717) is 5.56 Å². The van der Waals surface area contributed by atoms with Gasteiger partial charge >= 0.3 is 0 Å². The van der Waals surface area contributed by atoms with Crippen LogP contribution in [-0.4, -0.2) is 23.2 Å². The molecule has 1 aliphatic heterocycles. The second-order valence-corrected chi connectivity index (χ2v) is 4.55. The van der Waals surface area contributed by atoms with Crippen LogP contribution in [0.15, 0.2) is 18.5 Å². The molecule has 0 spiro atoms. The van der Waals surface area contributed by atoms with Gasteiger partial charge in [-0.1, -0.05) is 0 Å². The van der Waals surface area contributed by atoms with Gasteiger partial charge in [-0.25, -0.2) is 4.39 Å². The van der Waals surface area contributed by atoms with Gasteiger partial charge in [0.25, 0.3) is 0 Å². The minimum atomic E-state index is -1.12. The zero-order valence-corrected chi connectivity index (χ0v) is 9.41. The quantitative estimate of drug-likeness (QED) is 0.798. The van der Waals surface area contributed by atoms with Crippen molar-refractivity contribution >= 4 is 0 Å². The van der Waals surface area contributed by atoms with Crippen LogP contribution in [0.1, 0.15) is 25.3 Å². The number of pyridine rings is 1. The highest BCUT2D eigenvalue weighted by molar-refractivity contribution is 5.21. The van der Waals surface area contributed by atoms with E-state index < -0.39 is 11.4 Å². The third kappa shape index (κ3) is 2.08. The summed E-state index contributed by atoms with van der Waals surface area (Å²) >= 11 is 0. The fourth-order valence-electron chi connectivity index (χ4n) is 2.34. The van der Waals surface area contributed by atoms with Crippen molar-refractivity contribution in [1.29, 1.82) is 0 Å². The zero-order valence-electron chi connectivity index (χ0n) is 9.41. The Bertz CT molecular complexity index is 362. The first kappa shape index (κ1) is 11.5. The molecule has 2 atom stereocenters. The molecule has 2 unspecified atom stereocenters. The smallest absolute Gasteiger partial charge is 0.147 e. The maximum atomic E-state index is 13.6. The van der Waals surface area contributed by atoms with Crippen molar-refractivity contribution in [3.8, 4) is 0 Å². The highest BCUT2D eigenvalue weighted by atomic mass is 19.1. The molecule has 1 aromatic rings. The van der Waals surface area contributed by atoms with E-state index in [0.717, 1.165) is 32.1 Å². The Morgan fingerprint density at radius 3 is 3.06 bits per heavy atom. The lowest BCUT2D eigenvalue weighted by molar-refractivity contribution is -0.0186. The summed E-state index contributed by atoms with van der Waals surface area (Å²) in [6.07, 6.45) is 4.61. The van der Waals surface area contributed by atoms with Crippen LogP contribution < -0.4 is 5.32 Å². The Morgan fingerprint density at radius 2 is 2.44 bits per heavy atom. The van der Waals surface area contributed by atoms with Crippen LogP contribution in [0.2, 0.25) is 0 Å². The first-order valence-electron chi connectivity index (χ1n) is 5.65. The summed E-state index contributed by atoms with van der Waals surface area (Å²) in [5, 5.41) is 13.7. The molecule has 88 valence electrons. The molecule has 0 saturated carbocycles. The lowest BCUT2D eigenvalue weighted by Crippen LogP contribution is -2.42. The van der Waals surface area contributed by atoms with E-state index in [-0.39, 0.29) is 5.92 Å². The van der Waals surface area contributed by atoms with Gasteiger partial charge in [-0.3, -0.25) is 4.98 Å². The van der Waals surface area contributed by atoms with E-state index in [1.54, 1.807) is 13.0 Å². The summed E-state index contributed by atoms with van der Waals surface area (Å²) in [6, 6.07) is 1.56. The number of aliphatic hydroxyl groups is 1. The Kier molecular flexibility index (Phi) is 3.21. The van der Waals surface area contributed by atoms with Gasteiger partial charge < -0.3 is 10.4 Å². The monoisotopic (exact) mass is 224 g/mol. The number of halogens is 1. The maximum Gasteiger partial charge on any atom is 0.147 e. The first-order chi connectivity index (χ1) is 7.62. The molecule has 1 aromatic heterocycles. The molecular formula is C12H17FN2O. The molecule has 0 aliphatic carbocycles. The molecule has 0 bridgehead atoms. The van der Waals surface area contributed by atoms with Gasteiger partial charge in [0.1, 0.15) is 5.82 Å². The SMILES string of the molecule is CC(O)(c1ccncc1F)C1CCCNC1. The Balaban J connectivity index is 2.26. The second-order valence-electron chi connectivity index (χ2n) is 4.55. The second kappa shape index (κ2) is 4.47. The third-order valence-corrected chi connectivity index (χ3v) is 3.41. The topological polar surface area (TPSA) is 45.2 Å². The van der Waals surface area contributed by atoms with E-state index >= 15 is 0 Å². The highest BCUT2D eigenvalue weighted by Crippen LogP contribution is 2.34. The van der Waals surface area contributed by atoms with Gasteiger partial charge in [-0.15, -0.1) is 0 Å². The molecule has 2 rings (SSSR count). The summed E-state index contributed by atoms with van der Waals surface area (Å²) in [5.74, 6) is -0.378. The lowest BCUT2D eigenvalue weighted by Gasteiger charge is -2.36. The fourth-order valence-corrected chi connectivity index (χ4v) is 2.34. The van der Waals surface area contributed by atoms with Crippen molar-refractivity contribution < 1.29 is 9.50 Å². The Morgan fingerprint density at radius 1 is 1.62 bits per heavy atom. The van der Waals surface area contributed by atoms with Crippen molar-refractivity contribution in [3.05, 3.63) is 29.8 Å². The predicted molar refractivity (Wildman–Crippen MR) is 59.4 cm³/mol.